The molecule has 0 saturated heterocycles. The maximum atomic E-state index is 13.6. The summed E-state index contributed by atoms with van der Waals surface area (Å²) in [5, 5.41) is 15.6. The van der Waals surface area contributed by atoms with E-state index < -0.39 is 0 Å². The van der Waals surface area contributed by atoms with E-state index in [1.54, 1.807) is 18.5 Å². The van der Waals surface area contributed by atoms with Gasteiger partial charge in [-0.1, -0.05) is 42.5 Å². The third kappa shape index (κ3) is 6.33. The van der Waals surface area contributed by atoms with Crippen LogP contribution in [-0.4, -0.2) is 28.1 Å². The fourth-order valence-electron chi connectivity index (χ4n) is 5.05. The molecule has 1 fully saturated rings. The summed E-state index contributed by atoms with van der Waals surface area (Å²) in [5.41, 5.74) is 10.3. The number of amides is 2. The Morgan fingerprint density at radius 3 is 2.38 bits per heavy atom. The molecule has 39 heavy (non-hydrogen) atoms. The Labute approximate surface area is 228 Å². The number of hydrogen-bond donors (Lipinski definition) is 3. The first-order valence-electron chi connectivity index (χ1n) is 13.2. The second-order valence-corrected chi connectivity index (χ2v) is 9.69. The molecular weight excluding hydrogens is 486 g/mol. The molecule has 0 radical (unpaired) electrons. The molecule has 2 aromatic heterocycles. The molecule has 0 atom stereocenters. The van der Waals surface area contributed by atoms with E-state index in [2.05, 4.69) is 26.7 Å². The number of nitrogens with two attached hydrogens (primary N) is 1. The van der Waals surface area contributed by atoms with Crippen molar-refractivity contribution in [1.29, 1.82) is 5.26 Å². The minimum Gasteiger partial charge on any atom is -0.383 e. The van der Waals surface area contributed by atoms with E-state index in [1.165, 1.54) is 0 Å². The van der Waals surface area contributed by atoms with Gasteiger partial charge in [-0.2, -0.15) is 5.26 Å². The number of benzene rings is 2. The molecule has 1 aliphatic rings. The number of nitrogens with one attached hydrogen (secondary N) is 2. The number of rotatable bonds is 7. The van der Waals surface area contributed by atoms with Crippen molar-refractivity contribution in [1.82, 2.24) is 15.3 Å². The monoisotopic (exact) mass is 517 g/mol. The molecule has 2 aromatic carbocycles. The molecule has 2 amide bonds. The van der Waals surface area contributed by atoms with Crippen LogP contribution in [0.4, 0.5) is 22.1 Å². The van der Waals surface area contributed by atoms with Gasteiger partial charge in [-0.15, -0.1) is 0 Å². The van der Waals surface area contributed by atoms with Gasteiger partial charge in [0, 0.05) is 42.3 Å². The second-order valence-electron chi connectivity index (χ2n) is 9.69. The van der Waals surface area contributed by atoms with Gasteiger partial charge < -0.3 is 16.4 Å². The summed E-state index contributed by atoms with van der Waals surface area (Å²) in [5.74, 6) is 1.24. The third-order valence-corrected chi connectivity index (χ3v) is 7.11. The molecule has 8 heteroatoms. The molecule has 4 aromatic rings. The summed E-state index contributed by atoms with van der Waals surface area (Å²) in [4.78, 5) is 24.0. The summed E-state index contributed by atoms with van der Waals surface area (Å²) >= 11 is 0. The summed E-state index contributed by atoms with van der Waals surface area (Å²) in [6.45, 7) is 0.460. The minimum absolute atomic E-state index is 0.0575. The molecule has 8 nitrogen and oxygen atoms in total. The topological polar surface area (TPSA) is 120 Å². The molecule has 0 bridgehead atoms. The van der Waals surface area contributed by atoms with Crippen LogP contribution in [0.5, 0.6) is 0 Å². The average molecular weight is 518 g/mol. The van der Waals surface area contributed by atoms with Gasteiger partial charge >= 0.3 is 6.03 Å². The van der Waals surface area contributed by atoms with E-state index >= 15 is 0 Å². The quantitative estimate of drug-likeness (QED) is 0.288. The largest absolute Gasteiger partial charge is 0.383 e. The lowest BCUT2D eigenvalue weighted by atomic mass is 9.89. The zero-order valence-electron chi connectivity index (χ0n) is 21.6. The number of pyridine rings is 2. The number of anilines is 3. The normalized spacial score (nSPS) is 16.6. The van der Waals surface area contributed by atoms with Crippen molar-refractivity contribution in [2.75, 3.05) is 16.0 Å². The number of nitrogen functional groups attached to an aromatic ring is 1. The Bertz CT molecular complexity index is 1420. The lowest BCUT2D eigenvalue weighted by Crippen LogP contribution is -2.48. The first-order valence-corrected chi connectivity index (χ1v) is 13.2. The van der Waals surface area contributed by atoms with E-state index in [0.717, 1.165) is 53.9 Å². The maximum Gasteiger partial charge on any atom is 0.322 e. The van der Waals surface area contributed by atoms with E-state index in [9.17, 15) is 4.79 Å². The highest BCUT2D eigenvalue weighted by molar-refractivity contribution is 5.93. The van der Waals surface area contributed by atoms with Crippen LogP contribution in [0.25, 0.3) is 11.1 Å². The van der Waals surface area contributed by atoms with Crippen molar-refractivity contribution in [3.05, 3.63) is 102 Å². The second kappa shape index (κ2) is 12.1. The van der Waals surface area contributed by atoms with E-state index in [1.807, 2.05) is 77.7 Å². The van der Waals surface area contributed by atoms with Gasteiger partial charge in [-0.05, 0) is 73.2 Å². The molecule has 1 saturated carbocycles. The highest BCUT2D eigenvalue weighted by atomic mass is 16.2. The van der Waals surface area contributed by atoms with Gasteiger partial charge in [0.05, 0.1) is 5.56 Å². The number of carbonyl (C=O) groups excluding carboxylic acids is 1. The SMILES string of the molecule is N#Cc1ccc(N[C@H]2CC[C@H](N(C(=O)NCc3ccccc3)c3ccc(-c4cccnc4N)cc3)CC2)nc1. The minimum atomic E-state index is -0.113. The van der Waals surface area contributed by atoms with Gasteiger partial charge in [-0.25, -0.2) is 14.8 Å². The zero-order chi connectivity index (χ0) is 27.0. The molecular formula is C31H31N7O. The van der Waals surface area contributed by atoms with Gasteiger partial charge in [0.15, 0.2) is 0 Å². The lowest BCUT2D eigenvalue weighted by molar-refractivity contribution is 0.240. The molecule has 4 N–H and O–H groups in total. The van der Waals surface area contributed by atoms with Crippen molar-refractivity contribution < 1.29 is 4.79 Å². The van der Waals surface area contributed by atoms with Crippen LogP contribution in [0, 0.1) is 11.3 Å². The van der Waals surface area contributed by atoms with Gasteiger partial charge in [0.2, 0.25) is 0 Å². The first-order chi connectivity index (χ1) is 19.1. The number of hydrogen-bond acceptors (Lipinski definition) is 6. The molecule has 0 unspecified atom stereocenters. The summed E-state index contributed by atoms with van der Waals surface area (Å²) in [6, 6.07) is 27.6. The zero-order valence-corrected chi connectivity index (χ0v) is 21.6. The Morgan fingerprint density at radius 1 is 0.949 bits per heavy atom. The Kier molecular flexibility index (Phi) is 7.98. The van der Waals surface area contributed by atoms with Crippen molar-refractivity contribution in [3.63, 3.8) is 0 Å². The maximum absolute atomic E-state index is 13.6. The molecule has 2 heterocycles. The summed E-state index contributed by atoms with van der Waals surface area (Å²) in [7, 11) is 0. The first kappa shape index (κ1) is 25.7. The van der Waals surface area contributed by atoms with Crippen LogP contribution >= 0.6 is 0 Å². The fraction of sp³-hybridized carbons (Fsp3) is 0.226. The average Bonchev–Trinajstić information content (AvgIpc) is 2.99. The number of carbonyl (C=O) groups is 1. The predicted molar refractivity (Wildman–Crippen MR) is 154 cm³/mol. The molecule has 1 aliphatic carbocycles. The third-order valence-electron chi connectivity index (χ3n) is 7.11. The molecule has 0 aliphatic heterocycles. The van der Waals surface area contributed by atoms with Crippen molar-refractivity contribution in [3.8, 4) is 17.2 Å². The van der Waals surface area contributed by atoms with Crippen LogP contribution < -0.4 is 21.3 Å². The Morgan fingerprint density at radius 2 is 1.72 bits per heavy atom. The van der Waals surface area contributed by atoms with Crippen LogP contribution in [0.15, 0.2) is 91.3 Å². The standard InChI is InChI=1S/C31H31N7O/c32-19-23-8-17-29(35-21-23)37-25-11-15-27(16-12-25)38(31(39)36-20-22-5-2-1-3-6-22)26-13-9-24(10-14-26)28-7-4-18-34-30(28)33/h1-10,13-14,17-18,21,25,27H,11-12,15-16,20H2,(H2,33,34)(H,35,37)(H,36,39)/t25-,27-. The molecule has 0 spiro atoms. The fourth-order valence-corrected chi connectivity index (χ4v) is 5.05. The highest BCUT2D eigenvalue weighted by Gasteiger charge is 2.30. The van der Waals surface area contributed by atoms with Gasteiger partial charge in [0.25, 0.3) is 0 Å². The Balaban J connectivity index is 1.31. The number of nitriles is 1. The van der Waals surface area contributed by atoms with Gasteiger partial charge in [-0.3, -0.25) is 4.90 Å². The summed E-state index contributed by atoms with van der Waals surface area (Å²) in [6.07, 6.45) is 6.76. The van der Waals surface area contributed by atoms with Crippen molar-refractivity contribution >= 4 is 23.4 Å². The number of nitrogens with zero attached hydrogens (tertiary/aromatic N) is 4. The molecule has 196 valence electrons. The highest BCUT2D eigenvalue weighted by Crippen LogP contribution is 2.31. The van der Waals surface area contributed by atoms with Gasteiger partial charge in [0.1, 0.15) is 17.7 Å². The smallest absolute Gasteiger partial charge is 0.322 e. The van der Waals surface area contributed by atoms with Crippen molar-refractivity contribution in [2.45, 2.75) is 44.3 Å². The number of urea groups is 1. The lowest BCUT2D eigenvalue weighted by Gasteiger charge is -2.37. The van der Waals surface area contributed by atoms with Crippen LogP contribution in [-0.2, 0) is 6.54 Å². The van der Waals surface area contributed by atoms with Crippen LogP contribution in [0.2, 0.25) is 0 Å². The Hall–Kier alpha value is -4.90. The van der Waals surface area contributed by atoms with Crippen LogP contribution in [0.3, 0.4) is 0 Å². The van der Waals surface area contributed by atoms with E-state index in [-0.39, 0.29) is 18.1 Å². The van der Waals surface area contributed by atoms with E-state index in [4.69, 9.17) is 11.0 Å². The molecule has 5 rings (SSSR count). The number of aromatic nitrogens is 2. The summed E-state index contributed by atoms with van der Waals surface area (Å²) < 4.78 is 0. The predicted octanol–water partition coefficient (Wildman–Crippen LogP) is 5.74. The van der Waals surface area contributed by atoms with Crippen molar-refractivity contribution in [2.24, 2.45) is 0 Å². The van der Waals surface area contributed by atoms with Crippen LogP contribution in [0.1, 0.15) is 36.8 Å². The van der Waals surface area contributed by atoms with E-state index in [0.29, 0.717) is 17.9 Å².